The summed E-state index contributed by atoms with van der Waals surface area (Å²) in [7, 11) is 0. The molecule has 0 aliphatic rings. The van der Waals surface area contributed by atoms with E-state index in [-0.39, 0.29) is 0 Å². The molecule has 0 saturated heterocycles. The molecular weight excluding hydrogens is 234 g/mol. The Morgan fingerprint density at radius 1 is 1.18 bits per heavy atom. The Morgan fingerprint density at radius 3 is 2.71 bits per heavy atom. The summed E-state index contributed by atoms with van der Waals surface area (Å²) in [5, 5.41) is 0.738. The lowest BCUT2D eigenvalue weighted by Crippen LogP contribution is -1.89. The molecular formula is C13H10ClN3. The van der Waals surface area contributed by atoms with Crippen molar-refractivity contribution >= 4 is 17.2 Å². The molecule has 3 rings (SSSR count). The van der Waals surface area contributed by atoms with Gasteiger partial charge in [0, 0.05) is 23.0 Å². The molecule has 17 heavy (non-hydrogen) atoms. The van der Waals surface area contributed by atoms with Crippen molar-refractivity contribution < 1.29 is 0 Å². The molecule has 84 valence electrons. The summed E-state index contributed by atoms with van der Waals surface area (Å²) in [6.45, 7) is 2.00. The van der Waals surface area contributed by atoms with Gasteiger partial charge in [-0.25, -0.2) is 4.98 Å². The largest absolute Gasteiger partial charge is 0.297 e. The molecule has 2 aromatic heterocycles. The van der Waals surface area contributed by atoms with Crippen LogP contribution in [0.1, 0.15) is 5.69 Å². The summed E-state index contributed by atoms with van der Waals surface area (Å²) in [5.41, 5.74) is 4.03. The van der Waals surface area contributed by atoms with Crippen LogP contribution in [0.2, 0.25) is 5.02 Å². The molecule has 0 bridgehead atoms. The van der Waals surface area contributed by atoms with E-state index in [0.29, 0.717) is 0 Å². The molecule has 0 unspecified atom stereocenters. The van der Waals surface area contributed by atoms with E-state index in [1.54, 1.807) is 12.4 Å². The van der Waals surface area contributed by atoms with Crippen LogP contribution in [-0.2, 0) is 0 Å². The van der Waals surface area contributed by atoms with Crippen LogP contribution in [0.25, 0.3) is 16.9 Å². The summed E-state index contributed by atoms with van der Waals surface area (Å²) >= 11 is 5.90. The first kappa shape index (κ1) is 10.3. The Kier molecular flexibility index (Phi) is 2.34. The Morgan fingerprint density at radius 2 is 1.94 bits per heavy atom. The fourth-order valence-corrected chi connectivity index (χ4v) is 2.11. The molecule has 0 amide bonds. The smallest absolute Gasteiger partial charge is 0.156 e. The molecule has 3 aromatic rings. The van der Waals surface area contributed by atoms with Gasteiger partial charge < -0.3 is 0 Å². The van der Waals surface area contributed by atoms with E-state index in [2.05, 4.69) is 9.97 Å². The summed E-state index contributed by atoms with van der Waals surface area (Å²) in [4.78, 5) is 8.55. The van der Waals surface area contributed by atoms with Gasteiger partial charge in [-0.3, -0.25) is 9.38 Å². The van der Waals surface area contributed by atoms with Crippen LogP contribution in [0.5, 0.6) is 0 Å². The van der Waals surface area contributed by atoms with Crippen LogP contribution in [-0.4, -0.2) is 14.4 Å². The van der Waals surface area contributed by atoms with Crippen molar-refractivity contribution in [3.05, 3.63) is 53.6 Å². The van der Waals surface area contributed by atoms with Gasteiger partial charge in [-0.2, -0.15) is 0 Å². The van der Waals surface area contributed by atoms with Crippen LogP contribution in [0.3, 0.4) is 0 Å². The number of aromatic nitrogens is 3. The third-order valence-corrected chi connectivity index (χ3v) is 2.97. The number of aryl methyl sites for hydroxylation is 1. The minimum atomic E-state index is 0.738. The van der Waals surface area contributed by atoms with Crippen molar-refractivity contribution in [1.29, 1.82) is 0 Å². The maximum atomic E-state index is 5.90. The fraction of sp³-hybridized carbons (Fsp3) is 0.0769. The third kappa shape index (κ3) is 1.68. The first-order valence-corrected chi connectivity index (χ1v) is 5.68. The van der Waals surface area contributed by atoms with Gasteiger partial charge in [-0.1, -0.05) is 23.7 Å². The van der Waals surface area contributed by atoms with Gasteiger partial charge in [-0.15, -0.1) is 0 Å². The lowest BCUT2D eigenvalue weighted by molar-refractivity contribution is 1.13. The molecule has 1 aromatic carbocycles. The highest BCUT2D eigenvalue weighted by Gasteiger charge is 2.10. The third-order valence-electron chi connectivity index (χ3n) is 2.72. The van der Waals surface area contributed by atoms with Crippen molar-refractivity contribution in [2.75, 3.05) is 0 Å². The number of halogens is 1. The van der Waals surface area contributed by atoms with Crippen LogP contribution in [0, 0.1) is 6.92 Å². The molecule has 0 atom stereocenters. The zero-order valence-electron chi connectivity index (χ0n) is 9.26. The summed E-state index contributed by atoms with van der Waals surface area (Å²) < 4.78 is 2.03. The van der Waals surface area contributed by atoms with Crippen LogP contribution >= 0.6 is 11.6 Å². The summed E-state index contributed by atoms with van der Waals surface area (Å²) in [5.74, 6) is 0. The second-order valence-corrected chi connectivity index (χ2v) is 4.29. The monoisotopic (exact) mass is 243 g/mol. The van der Waals surface area contributed by atoms with Crippen molar-refractivity contribution in [1.82, 2.24) is 14.4 Å². The first-order valence-electron chi connectivity index (χ1n) is 5.30. The fourth-order valence-electron chi connectivity index (χ4n) is 1.98. The van der Waals surface area contributed by atoms with E-state index in [0.717, 1.165) is 27.6 Å². The highest BCUT2D eigenvalue weighted by molar-refractivity contribution is 6.30. The second-order valence-electron chi connectivity index (χ2n) is 3.86. The predicted molar refractivity (Wildman–Crippen MR) is 68.2 cm³/mol. The minimum Gasteiger partial charge on any atom is -0.297 e. The van der Waals surface area contributed by atoms with E-state index in [4.69, 9.17) is 11.6 Å². The zero-order valence-corrected chi connectivity index (χ0v) is 10.0. The Hall–Kier alpha value is -1.87. The van der Waals surface area contributed by atoms with E-state index in [9.17, 15) is 0 Å². The Balaban J connectivity index is 2.29. The predicted octanol–water partition coefficient (Wildman–Crippen LogP) is 3.36. The first-order chi connectivity index (χ1) is 8.25. The van der Waals surface area contributed by atoms with Gasteiger partial charge in [0.15, 0.2) is 5.65 Å². The number of benzene rings is 1. The molecule has 2 heterocycles. The van der Waals surface area contributed by atoms with Crippen LogP contribution < -0.4 is 0 Å². The minimum absolute atomic E-state index is 0.738. The Labute approximate surface area is 104 Å². The lowest BCUT2D eigenvalue weighted by atomic mass is 10.1. The number of fused-ring (bicyclic) bond motifs is 1. The second kappa shape index (κ2) is 3.86. The lowest BCUT2D eigenvalue weighted by Gasteiger charge is -2.03. The van der Waals surface area contributed by atoms with Gasteiger partial charge in [0.2, 0.25) is 0 Å². The average molecular weight is 244 g/mol. The van der Waals surface area contributed by atoms with E-state index < -0.39 is 0 Å². The maximum Gasteiger partial charge on any atom is 0.156 e. The normalized spacial score (nSPS) is 10.9. The number of nitrogens with zero attached hydrogens (tertiary/aromatic N) is 3. The molecule has 0 radical (unpaired) electrons. The number of imidazole rings is 1. The van der Waals surface area contributed by atoms with Crippen molar-refractivity contribution in [3.63, 3.8) is 0 Å². The van der Waals surface area contributed by atoms with E-state index in [1.807, 2.05) is 41.8 Å². The van der Waals surface area contributed by atoms with Gasteiger partial charge in [-0.05, 0) is 19.1 Å². The van der Waals surface area contributed by atoms with Crippen molar-refractivity contribution in [2.45, 2.75) is 6.92 Å². The summed E-state index contributed by atoms with van der Waals surface area (Å²) in [6, 6.07) is 7.77. The van der Waals surface area contributed by atoms with Gasteiger partial charge in [0.05, 0.1) is 17.6 Å². The molecule has 4 heteroatoms. The molecule has 0 spiro atoms. The molecule has 0 fully saturated rings. The zero-order chi connectivity index (χ0) is 11.8. The van der Waals surface area contributed by atoms with Gasteiger partial charge in [0.25, 0.3) is 0 Å². The van der Waals surface area contributed by atoms with Crippen LogP contribution in [0.15, 0.2) is 42.9 Å². The van der Waals surface area contributed by atoms with E-state index in [1.165, 1.54) is 0 Å². The van der Waals surface area contributed by atoms with Gasteiger partial charge in [0.1, 0.15) is 0 Å². The van der Waals surface area contributed by atoms with Crippen molar-refractivity contribution in [2.24, 2.45) is 0 Å². The quantitative estimate of drug-likeness (QED) is 0.656. The number of rotatable bonds is 1. The highest BCUT2D eigenvalue weighted by atomic mass is 35.5. The molecule has 0 N–H and O–H groups in total. The van der Waals surface area contributed by atoms with E-state index >= 15 is 0 Å². The molecule has 3 nitrogen and oxygen atoms in total. The number of hydrogen-bond acceptors (Lipinski definition) is 2. The average Bonchev–Trinajstić information content (AvgIpc) is 2.66. The topological polar surface area (TPSA) is 30.2 Å². The number of hydrogen-bond donors (Lipinski definition) is 0. The van der Waals surface area contributed by atoms with Crippen LogP contribution in [0.4, 0.5) is 0 Å². The molecule has 0 aliphatic heterocycles. The maximum absolute atomic E-state index is 5.90. The Bertz CT molecular complexity index is 671. The van der Waals surface area contributed by atoms with Gasteiger partial charge >= 0.3 is 0 Å². The highest BCUT2D eigenvalue weighted by Crippen LogP contribution is 2.25. The SMILES string of the molecule is Cc1nc2cnccn2c1-c1ccc(Cl)cc1. The standard InChI is InChI=1S/C13H10ClN3/c1-9-13(10-2-4-11(14)5-3-10)17-7-6-15-8-12(17)16-9/h2-8H,1H3. The molecule has 0 aliphatic carbocycles. The summed E-state index contributed by atoms with van der Waals surface area (Å²) in [6.07, 6.45) is 5.43. The molecule has 0 saturated carbocycles. The van der Waals surface area contributed by atoms with Crippen molar-refractivity contribution in [3.8, 4) is 11.3 Å².